The third-order valence-corrected chi connectivity index (χ3v) is 7.99. The van der Waals surface area contributed by atoms with Gasteiger partial charge in [0.05, 0.1) is 18.5 Å². The van der Waals surface area contributed by atoms with Gasteiger partial charge in [-0.05, 0) is 48.6 Å². The predicted molar refractivity (Wildman–Crippen MR) is 159 cm³/mol. The third kappa shape index (κ3) is 4.63. The molecule has 0 unspecified atom stereocenters. The molecule has 2 heterocycles. The highest BCUT2D eigenvalue weighted by Gasteiger charge is 2.24. The Labute approximate surface area is 227 Å². The SMILES string of the molecule is CCc1cccc(CC)c1NC(=O)c1sc2nc(-c3ccc(C)cc3)cc(-c3ccccc3OC)c2c1N. The predicted octanol–water partition coefficient (Wildman–Crippen LogP) is 7.91. The maximum atomic E-state index is 13.7. The molecule has 0 aliphatic heterocycles. The number of pyridine rings is 1. The second-order valence-electron chi connectivity index (χ2n) is 9.26. The van der Waals surface area contributed by atoms with Crippen LogP contribution in [0.5, 0.6) is 5.75 Å². The second kappa shape index (κ2) is 10.7. The standard InChI is InChI=1S/C32H31N3O2S/c1-5-20-10-9-11-21(6-2)29(20)35-31(36)30-28(33)27-24(23-12-7-8-13-26(23)37-4)18-25(34-32(27)38-30)22-16-14-19(3)15-17-22/h7-18H,5-6,33H2,1-4H3,(H,35,36). The number of nitrogens with zero attached hydrogens (tertiary/aromatic N) is 1. The molecule has 5 nitrogen and oxygen atoms in total. The number of nitrogen functional groups attached to an aromatic ring is 1. The lowest BCUT2D eigenvalue weighted by molar-refractivity contribution is 0.103. The number of fused-ring (bicyclic) bond motifs is 1. The number of rotatable bonds is 7. The molecule has 5 rings (SSSR count). The number of carbonyl (C=O) groups is 1. The van der Waals surface area contributed by atoms with Crippen molar-refractivity contribution < 1.29 is 9.53 Å². The monoisotopic (exact) mass is 521 g/mol. The zero-order valence-electron chi connectivity index (χ0n) is 22.1. The Kier molecular flexibility index (Phi) is 7.16. The number of hydrogen-bond acceptors (Lipinski definition) is 5. The number of hydrogen-bond donors (Lipinski definition) is 2. The van der Waals surface area contributed by atoms with Crippen molar-refractivity contribution in [2.24, 2.45) is 0 Å². The van der Waals surface area contributed by atoms with Crippen LogP contribution in [0.2, 0.25) is 0 Å². The molecule has 0 aliphatic rings. The van der Waals surface area contributed by atoms with Crippen molar-refractivity contribution in [1.29, 1.82) is 0 Å². The van der Waals surface area contributed by atoms with Gasteiger partial charge in [0.2, 0.25) is 0 Å². The summed E-state index contributed by atoms with van der Waals surface area (Å²) < 4.78 is 5.70. The summed E-state index contributed by atoms with van der Waals surface area (Å²) in [4.78, 5) is 19.8. The van der Waals surface area contributed by atoms with E-state index in [2.05, 4.69) is 62.5 Å². The molecule has 0 aliphatic carbocycles. The summed E-state index contributed by atoms with van der Waals surface area (Å²) in [5, 5.41) is 3.94. The zero-order chi connectivity index (χ0) is 26.8. The average molecular weight is 522 g/mol. The van der Waals surface area contributed by atoms with Crippen LogP contribution >= 0.6 is 11.3 Å². The van der Waals surface area contributed by atoms with Crippen molar-refractivity contribution in [2.45, 2.75) is 33.6 Å². The summed E-state index contributed by atoms with van der Waals surface area (Å²) in [6.07, 6.45) is 1.65. The molecule has 0 spiro atoms. The van der Waals surface area contributed by atoms with E-state index in [-0.39, 0.29) is 5.91 Å². The van der Waals surface area contributed by atoms with Crippen molar-refractivity contribution in [2.75, 3.05) is 18.2 Å². The molecule has 0 saturated heterocycles. The Morgan fingerprint density at radius 1 is 0.947 bits per heavy atom. The van der Waals surface area contributed by atoms with E-state index in [1.807, 2.05) is 36.4 Å². The molecule has 6 heteroatoms. The number of ether oxygens (including phenoxy) is 1. The van der Waals surface area contributed by atoms with Crippen molar-refractivity contribution >= 4 is 38.8 Å². The Balaban J connectivity index is 1.70. The molecule has 192 valence electrons. The van der Waals surface area contributed by atoms with Gasteiger partial charge in [-0.1, -0.05) is 80.1 Å². The van der Waals surface area contributed by atoms with Gasteiger partial charge < -0.3 is 15.8 Å². The highest BCUT2D eigenvalue weighted by molar-refractivity contribution is 7.21. The quantitative estimate of drug-likeness (QED) is 0.228. The summed E-state index contributed by atoms with van der Waals surface area (Å²) in [5.74, 6) is 0.514. The van der Waals surface area contributed by atoms with E-state index in [1.54, 1.807) is 7.11 Å². The van der Waals surface area contributed by atoms with Crippen LogP contribution in [0.4, 0.5) is 11.4 Å². The molecule has 0 radical (unpaired) electrons. The molecule has 0 atom stereocenters. The fourth-order valence-electron chi connectivity index (χ4n) is 4.81. The molecule has 2 aromatic heterocycles. The number of aryl methyl sites for hydroxylation is 3. The largest absolute Gasteiger partial charge is 0.496 e. The smallest absolute Gasteiger partial charge is 0.267 e. The van der Waals surface area contributed by atoms with Crippen molar-refractivity contribution in [3.05, 3.63) is 94.4 Å². The molecule has 0 fully saturated rings. The lowest BCUT2D eigenvalue weighted by Crippen LogP contribution is -2.15. The second-order valence-corrected chi connectivity index (χ2v) is 10.3. The first-order valence-corrected chi connectivity index (χ1v) is 13.6. The number of carbonyl (C=O) groups excluding carboxylic acids is 1. The number of benzene rings is 3. The van der Waals surface area contributed by atoms with Crippen LogP contribution in [-0.2, 0) is 12.8 Å². The molecule has 3 N–H and O–H groups in total. The Hall–Kier alpha value is -4.16. The minimum atomic E-state index is -0.219. The highest BCUT2D eigenvalue weighted by atomic mass is 32.1. The Bertz CT molecular complexity index is 1620. The molecular formula is C32H31N3O2S. The first kappa shape index (κ1) is 25.5. The molecule has 1 amide bonds. The van der Waals surface area contributed by atoms with Gasteiger partial charge in [-0.2, -0.15) is 0 Å². The molecular weight excluding hydrogens is 490 g/mol. The van der Waals surface area contributed by atoms with Crippen molar-refractivity contribution in [3.63, 3.8) is 0 Å². The minimum Gasteiger partial charge on any atom is -0.496 e. The van der Waals surface area contributed by atoms with Crippen LogP contribution < -0.4 is 15.8 Å². The maximum Gasteiger partial charge on any atom is 0.267 e. The maximum absolute atomic E-state index is 13.7. The number of aromatic nitrogens is 1. The van der Waals surface area contributed by atoms with Gasteiger partial charge in [0.15, 0.2) is 0 Å². The third-order valence-electron chi connectivity index (χ3n) is 6.89. The van der Waals surface area contributed by atoms with Gasteiger partial charge in [0, 0.05) is 22.2 Å². The van der Waals surface area contributed by atoms with Crippen LogP contribution in [-0.4, -0.2) is 18.0 Å². The summed E-state index contributed by atoms with van der Waals surface area (Å²) in [6, 6.07) is 24.3. The van der Waals surface area contributed by atoms with Gasteiger partial charge >= 0.3 is 0 Å². The van der Waals surface area contributed by atoms with Crippen LogP contribution in [0.1, 0.15) is 40.2 Å². The van der Waals surface area contributed by atoms with Gasteiger partial charge in [0.1, 0.15) is 15.5 Å². The number of nitrogens with two attached hydrogens (primary N) is 1. The van der Waals surface area contributed by atoms with E-state index >= 15 is 0 Å². The van der Waals surface area contributed by atoms with Gasteiger partial charge in [-0.25, -0.2) is 4.98 Å². The number of amides is 1. The van der Waals surface area contributed by atoms with Crippen molar-refractivity contribution in [3.8, 4) is 28.1 Å². The molecule has 0 bridgehead atoms. The van der Waals surface area contributed by atoms with E-state index in [9.17, 15) is 4.79 Å². The van der Waals surface area contributed by atoms with Crippen LogP contribution in [0.3, 0.4) is 0 Å². The first-order chi connectivity index (χ1) is 18.4. The Morgan fingerprint density at radius 3 is 2.29 bits per heavy atom. The van der Waals surface area contributed by atoms with Crippen LogP contribution in [0, 0.1) is 6.92 Å². The zero-order valence-corrected chi connectivity index (χ0v) is 22.9. The lowest BCUT2D eigenvalue weighted by Gasteiger charge is -2.14. The van der Waals surface area contributed by atoms with Crippen LogP contribution in [0.25, 0.3) is 32.6 Å². The van der Waals surface area contributed by atoms with E-state index < -0.39 is 0 Å². The average Bonchev–Trinajstić information content (AvgIpc) is 3.29. The van der Waals surface area contributed by atoms with Crippen molar-refractivity contribution in [1.82, 2.24) is 4.98 Å². The number of thiophene rings is 1. The molecule has 5 aromatic rings. The van der Waals surface area contributed by atoms with E-state index in [0.29, 0.717) is 15.4 Å². The summed E-state index contributed by atoms with van der Waals surface area (Å²) in [6.45, 7) is 6.24. The minimum absolute atomic E-state index is 0.219. The van der Waals surface area contributed by atoms with E-state index in [4.69, 9.17) is 15.5 Å². The molecule has 0 saturated carbocycles. The van der Waals surface area contributed by atoms with Gasteiger partial charge in [-0.3, -0.25) is 4.79 Å². The van der Waals surface area contributed by atoms with Crippen LogP contribution in [0.15, 0.2) is 72.8 Å². The summed E-state index contributed by atoms with van der Waals surface area (Å²) in [5.41, 5.74) is 15.0. The number of methoxy groups -OCH3 is 1. The van der Waals surface area contributed by atoms with Gasteiger partial charge in [-0.15, -0.1) is 11.3 Å². The highest BCUT2D eigenvalue weighted by Crippen LogP contribution is 2.44. The lowest BCUT2D eigenvalue weighted by atomic mass is 9.98. The summed E-state index contributed by atoms with van der Waals surface area (Å²) >= 11 is 1.32. The fraction of sp³-hybridized carbons (Fsp3) is 0.188. The fourth-order valence-corrected chi connectivity index (χ4v) is 5.83. The first-order valence-electron chi connectivity index (χ1n) is 12.8. The number of para-hydroxylation sites is 2. The van der Waals surface area contributed by atoms with E-state index in [1.165, 1.54) is 16.9 Å². The number of nitrogens with one attached hydrogen (secondary N) is 1. The number of anilines is 2. The van der Waals surface area contributed by atoms with E-state index in [0.717, 1.165) is 63.2 Å². The normalized spacial score (nSPS) is 11.1. The summed E-state index contributed by atoms with van der Waals surface area (Å²) in [7, 11) is 1.66. The molecule has 38 heavy (non-hydrogen) atoms. The Morgan fingerprint density at radius 2 is 1.63 bits per heavy atom. The van der Waals surface area contributed by atoms with Gasteiger partial charge in [0.25, 0.3) is 5.91 Å². The topological polar surface area (TPSA) is 77.2 Å². The molecule has 3 aromatic carbocycles.